The first-order valence-electron chi connectivity index (χ1n) is 6.41. The summed E-state index contributed by atoms with van der Waals surface area (Å²) >= 11 is 0. The average molecular weight is 251 g/mol. The number of ether oxygens (including phenoxy) is 1. The molecule has 0 fully saturated rings. The summed E-state index contributed by atoms with van der Waals surface area (Å²) in [5, 5.41) is 9.89. The summed E-state index contributed by atoms with van der Waals surface area (Å²) in [5.41, 5.74) is 1.06. The molecular weight excluding hydrogens is 226 g/mol. The Morgan fingerprint density at radius 1 is 1.22 bits per heavy atom. The van der Waals surface area contributed by atoms with Crippen LogP contribution < -0.4 is 0 Å². The molecule has 0 aliphatic carbocycles. The topological polar surface area (TPSA) is 32.7 Å². The highest BCUT2D eigenvalue weighted by Gasteiger charge is 2.14. The van der Waals surface area contributed by atoms with E-state index in [-0.39, 0.29) is 5.60 Å². The van der Waals surface area contributed by atoms with Crippen molar-refractivity contribution in [3.8, 4) is 0 Å². The molecule has 0 radical (unpaired) electrons. The van der Waals surface area contributed by atoms with E-state index in [0.717, 1.165) is 6.54 Å². The summed E-state index contributed by atoms with van der Waals surface area (Å²) in [5.74, 6) is 0. The Morgan fingerprint density at radius 2 is 1.83 bits per heavy atom. The van der Waals surface area contributed by atoms with Crippen LogP contribution in [0.3, 0.4) is 0 Å². The fourth-order valence-corrected chi connectivity index (χ4v) is 1.72. The van der Waals surface area contributed by atoms with Gasteiger partial charge >= 0.3 is 0 Å². The molecular formula is C15H25NO2. The van der Waals surface area contributed by atoms with Gasteiger partial charge in [-0.2, -0.15) is 0 Å². The standard InChI is InChI=1S/C15H25NO2/c1-15(2,3)18-12-14(17)11-16(4)10-13-8-6-5-7-9-13/h5-9,14,17H,10-12H2,1-4H3. The molecule has 0 amide bonds. The van der Waals surface area contributed by atoms with Crippen molar-refractivity contribution in [3.05, 3.63) is 35.9 Å². The molecule has 1 aromatic carbocycles. The van der Waals surface area contributed by atoms with Gasteiger partial charge in [0.15, 0.2) is 0 Å². The Morgan fingerprint density at radius 3 is 2.39 bits per heavy atom. The number of likely N-dealkylation sites (N-methyl/N-ethyl adjacent to an activating group) is 1. The van der Waals surface area contributed by atoms with E-state index >= 15 is 0 Å². The first-order chi connectivity index (χ1) is 8.37. The first kappa shape index (κ1) is 15.2. The number of benzene rings is 1. The third-order valence-electron chi connectivity index (χ3n) is 2.53. The summed E-state index contributed by atoms with van der Waals surface area (Å²) in [6, 6.07) is 10.3. The van der Waals surface area contributed by atoms with Gasteiger partial charge in [0.25, 0.3) is 0 Å². The Kier molecular flexibility index (Phi) is 5.79. The van der Waals surface area contributed by atoms with Crippen LogP contribution in [0.15, 0.2) is 30.3 Å². The normalized spacial score (nSPS) is 13.9. The van der Waals surface area contributed by atoms with Crippen LogP contribution in [0, 0.1) is 0 Å². The third-order valence-corrected chi connectivity index (χ3v) is 2.53. The van der Waals surface area contributed by atoms with E-state index in [1.165, 1.54) is 5.56 Å². The highest BCUT2D eigenvalue weighted by atomic mass is 16.5. The van der Waals surface area contributed by atoms with E-state index in [4.69, 9.17) is 4.74 Å². The van der Waals surface area contributed by atoms with Crippen molar-refractivity contribution in [2.24, 2.45) is 0 Å². The fraction of sp³-hybridized carbons (Fsp3) is 0.600. The van der Waals surface area contributed by atoms with Crippen molar-refractivity contribution in [1.82, 2.24) is 4.90 Å². The van der Waals surface area contributed by atoms with Gasteiger partial charge in [-0.1, -0.05) is 30.3 Å². The van der Waals surface area contributed by atoms with Gasteiger partial charge < -0.3 is 9.84 Å². The van der Waals surface area contributed by atoms with Gasteiger partial charge in [-0.05, 0) is 33.4 Å². The summed E-state index contributed by atoms with van der Waals surface area (Å²) in [6.45, 7) is 7.81. The number of aliphatic hydroxyl groups excluding tert-OH is 1. The Bertz CT molecular complexity index is 332. The maximum absolute atomic E-state index is 9.89. The van der Waals surface area contributed by atoms with Crippen molar-refractivity contribution in [2.45, 2.75) is 39.0 Å². The highest BCUT2D eigenvalue weighted by Crippen LogP contribution is 2.08. The number of hydrogen-bond acceptors (Lipinski definition) is 3. The molecule has 3 nitrogen and oxygen atoms in total. The van der Waals surface area contributed by atoms with Crippen LogP contribution in [0.1, 0.15) is 26.3 Å². The minimum absolute atomic E-state index is 0.195. The van der Waals surface area contributed by atoms with Crippen LogP contribution >= 0.6 is 0 Å². The Hall–Kier alpha value is -0.900. The van der Waals surface area contributed by atoms with Crippen LogP contribution in [0.4, 0.5) is 0 Å². The van der Waals surface area contributed by atoms with Crippen molar-refractivity contribution in [2.75, 3.05) is 20.2 Å². The SMILES string of the molecule is CN(Cc1ccccc1)CC(O)COC(C)(C)C. The quantitative estimate of drug-likeness (QED) is 0.842. The minimum atomic E-state index is -0.446. The molecule has 1 aromatic rings. The molecule has 0 heterocycles. The fourth-order valence-electron chi connectivity index (χ4n) is 1.72. The van der Waals surface area contributed by atoms with Crippen LogP contribution in [0.25, 0.3) is 0 Å². The molecule has 3 heteroatoms. The maximum atomic E-state index is 9.89. The molecule has 1 N–H and O–H groups in total. The molecule has 0 spiro atoms. The lowest BCUT2D eigenvalue weighted by Crippen LogP contribution is -2.34. The zero-order valence-electron chi connectivity index (χ0n) is 11.9. The van der Waals surface area contributed by atoms with Crippen LogP contribution in [-0.4, -0.2) is 41.9 Å². The van der Waals surface area contributed by atoms with Crippen molar-refractivity contribution in [3.63, 3.8) is 0 Å². The number of hydrogen-bond donors (Lipinski definition) is 1. The van der Waals surface area contributed by atoms with Gasteiger partial charge in [-0.25, -0.2) is 0 Å². The molecule has 1 rings (SSSR count). The molecule has 0 bridgehead atoms. The summed E-state index contributed by atoms with van der Waals surface area (Å²) in [4.78, 5) is 2.10. The predicted octanol–water partition coefficient (Wildman–Crippen LogP) is 2.29. The predicted molar refractivity (Wildman–Crippen MR) is 74.5 cm³/mol. The Balaban J connectivity index is 2.29. The van der Waals surface area contributed by atoms with E-state index in [9.17, 15) is 5.11 Å². The smallest absolute Gasteiger partial charge is 0.0900 e. The molecule has 0 aromatic heterocycles. The van der Waals surface area contributed by atoms with Gasteiger partial charge in [0.05, 0.1) is 18.3 Å². The first-order valence-corrected chi connectivity index (χ1v) is 6.41. The largest absolute Gasteiger partial charge is 0.389 e. The average Bonchev–Trinajstić information content (AvgIpc) is 2.26. The van der Waals surface area contributed by atoms with Crippen molar-refractivity contribution in [1.29, 1.82) is 0 Å². The second-order valence-electron chi connectivity index (χ2n) is 5.76. The van der Waals surface area contributed by atoms with Gasteiger partial charge in [-0.3, -0.25) is 4.90 Å². The second kappa shape index (κ2) is 6.88. The molecule has 0 saturated heterocycles. The Labute approximate surface area is 110 Å². The van der Waals surface area contributed by atoms with Crippen LogP contribution in [0.2, 0.25) is 0 Å². The zero-order chi connectivity index (χ0) is 13.6. The second-order valence-corrected chi connectivity index (χ2v) is 5.76. The van der Waals surface area contributed by atoms with Gasteiger partial charge in [0, 0.05) is 13.1 Å². The van der Waals surface area contributed by atoms with E-state index in [1.807, 2.05) is 46.0 Å². The van der Waals surface area contributed by atoms with E-state index in [1.54, 1.807) is 0 Å². The lowest BCUT2D eigenvalue weighted by Gasteiger charge is -2.25. The summed E-state index contributed by atoms with van der Waals surface area (Å²) in [7, 11) is 2.01. The highest BCUT2D eigenvalue weighted by molar-refractivity contribution is 5.14. The molecule has 1 atom stereocenters. The lowest BCUT2D eigenvalue weighted by molar-refractivity contribution is -0.0550. The summed E-state index contributed by atoms with van der Waals surface area (Å²) in [6.07, 6.45) is -0.446. The minimum Gasteiger partial charge on any atom is -0.389 e. The summed E-state index contributed by atoms with van der Waals surface area (Å²) < 4.78 is 5.57. The zero-order valence-corrected chi connectivity index (χ0v) is 11.9. The van der Waals surface area contributed by atoms with Crippen molar-refractivity contribution < 1.29 is 9.84 Å². The van der Waals surface area contributed by atoms with E-state index < -0.39 is 6.10 Å². The van der Waals surface area contributed by atoms with Gasteiger partial charge in [0.1, 0.15) is 0 Å². The van der Waals surface area contributed by atoms with Crippen molar-refractivity contribution >= 4 is 0 Å². The number of nitrogens with zero attached hydrogens (tertiary/aromatic N) is 1. The molecule has 1 unspecified atom stereocenters. The van der Waals surface area contributed by atoms with Gasteiger partial charge in [-0.15, -0.1) is 0 Å². The monoisotopic (exact) mass is 251 g/mol. The van der Waals surface area contributed by atoms with Crippen LogP contribution in [0.5, 0.6) is 0 Å². The molecule has 0 aliphatic rings. The van der Waals surface area contributed by atoms with Crippen LogP contribution in [-0.2, 0) is 11.3 Å². The molecule has 0 aliphatic heterocycles. The van der Waals surface area contributed by atoms with Gasteiger partial charge in [0.2, 0.25) is 0 Å². The molecule has 102 valence electrons. The maximum Gasteiger partial charge on any atom is 0.0900 e. The number of aliphatic hydroxyl groups is 1. The lowest BCUT2D eigenvalue weighted by atomic mass is 10.2. The number of rotatable bonds is 6. The molecule has 0 saturated carbocycles. The van der Waals surface area contributed by atoms with E-state index in [2.05, 4.69) is 17.0 Å². The van der Waals surface area contributed by atoms with E-state index in [0.29, 0.717) is 13.2 Å². The molecule has 18 heavy (non-hydrogen) atoms. The third kappa shape index (κ3) is 6.74.